The van der Waals surface area contributed by atoms with E-state index in [1.54, 1.807) is 11.3 Å². The molecule has 2 N–H and O–H groups in total. The molecule has 0 aliphatic carbocycles. The normalized spacial score (nSPS) is 13.6. The van der Waals surface area contributed by atoms with E-state index in [-0.39, 0.29) is 6.04 Å². The zero-order valence-electron chi connectivity index (χ0n) is 8.71. The SMILES string of the molecule is CCc1ccsc1C(N)CC(C)C. The summed E-state index contributed by atoms with van der Waals surface area (Å²) >= 11 is 1.80. The van der Waals surface area contributed by atoms with Gasteiger partial charge in [-0.1, -0.05) is 20.8 Å². The maximum absolute atomic E-state index is 6.13. The van der Waals surface area contributed by atoms with Gasteiger partial charge < -0.3 is 5.73 Å². The first-order valence-corrected chi connectivity index (χ1v) is 5.85. The van der Waals surface area contributed by atoms with Gasteiger partial charge in [-0.3, -0.25) is 0 Å². The van der Waals surface area contributed by atoms with Crippen molar-refractivity contribution in [3.05, 3.63) is 21.9 Å². The second-order valence-corrected chi connectivity index (χ2v) is 4.85. The van der Waals surface area contributed by atoms with E-state index in [1.165, 1.54) is 10.4 Å². The van der Waals surface area contributed by atoms with Crippen molar-refractivity contribution in [3.63, 3.8) is 0 Å². The first-order valence-electron chi connectivity index (χ1n) is 4.97. The fourth-order valence-electron chi connectivity index (χ4n) is 1.58. The molecule has 1 aromatic heterocycles. The van der Waals surface area contributed by atoms with Gasteiger partial charge in [-0.05, 0) is 35.8 Å². The second-order valence-electron chi connectivity index (χ2n) is 3.90. The molecular formula is C11H19NS. The maximum atomic E-state index is 6.13. The van der Waals surface area contributed by atoms with Crippen molar-refractivity contribution in [3.8, 4) is 0 Å². The van der Waals surface area contributed by atoms with E-state index >= 15 is 0 Å². The Balaban J connectivity index is 2.69. The second kappa shape index (κ2) is 4.77. The van der Waals surface area contributed by atoms with Crippen LogP contribution in [0.25, 0.3) is 0 Å². The lowest BCUT2D eigenvalue weighted by Crippen LogP contribution is -2.12. The lowest BCUT2D eigenvalue weighted by Gasteiger charge is -2.13. The van der Waals surface area contributed by atoms with Gasteiger partial charge >= 0.3 is 0 Å². The van der Waals surface area contributed by atoms with Gasteiger partial charge in [0.15, 0.2) is 0 Å². The molecule has 2 heteroatoms. The van der Waals surface area contributed by atoms with Gasteiger partial charge in [0.1, 0.15) is 0 Å². The minimum atomic E-state index is 0.245. The molecule has 0 aromatic carbocycles. The highest BCUT2D eigenvalue weighted by Crippen LogP contribution is 2.27. The number of hydrogen-bond donors (Lipinski definition) is 1. The molecule has 74 valence electrons. The van der Waals surface area contributed by atoms with Gasteiger partial charge in [0.25, 0.3) is 0 Å². The molecule has 0 aliphatic rings. The molecule has 0 saturated carbocycles. The van der Waals surface area contributed by atoms with Crippen LogP contribution in [-0.4, -0.2) is 0 Å². The molecule has 1 atom stereocenters. The van der Waals surface area contributed by atoms with E-state index in [2.05, 4.69) is 32.2 Å². The zero-order chi connectivity index (χ0) is 9.84. The predicted octanol–water partition coefficient (Wildman–Crippen LogP) is 3.36. The van der Waals surface area contributed by atoms with Crippen LogP contribution in [0.2, 0.25) is 0 Å². The van der Waals surface area contributed by atoms with Crippen molar-refractivity contribution in [2.75, 3.05) is 0 Å². The molecule has 13 heavy (non-hydrogen) atoms. The highest BCUT2D eigenvalue weighted by molar-refractivity contribution is 7.10. The van der Waals surface area contributed by atoms with Crippen molar-refractivity contribution < 1.29 is 0 Å². The Labute approximate surface area is 85.0 Å². The van der Waals surface area contributed by atoms with E-state index in [9.17, 15) is 0 Å². The van der Waals surface area contributed by atoms with Crippen LogP contribution in [0.3, 0.4) is 0 Å². The summed E-state index contributed by atoms with van der Waals surface area (Å²) in [6.07, 6.45) is 2.19. The fourth-order valence-corrected chi connectivity index (χ4v) is 2.59. The topological polar surface area (TPSA) is 26.0 Å². The molecule has 0 fully saturated rings. The van der Waals surface area contributed by atoms with Crippen molar-refractivity contribution >= 4 is 11.3 Å². The Morgan fingerprint density at radius 3 is 2.69 bits per heavy atom. The quantitative estimate of drug-likeness (QED) is 0.787. The third-order valence-corrected chi connectivity index (χ3v) is 3.31. The van der Waals surface area contributed by atoms with E-state index in [0.29, 0.717) is 5.92 Å². The molecule has 0 amide bonds. The van der Waals surface area contributed by atoms with Gasteiger partial charge in [0.2, 0.25) is 0 Å². The van der Waals surface area contributed by atoms with Gasteiger partial charge in [-0.25, -0.2) is 0 Å². The van der Waals surface area contributed by atoms with E-state index in [0.717, 1.165) is 12.8 Å². The lowest BCUT2D eigenvalue weighted by atomic mass is 10.0. The molecule has 1 heterocycles. The molecule has 1 nitrogen and oxygen atoms in total. The Bertz CT molecular complexity index is 252. The number of hydrogen-bond acceptors (Lipinski definition) is 2. The molecule has 1 unspecified atom stereocenters. The summed E-state index contributed by atoms with van der Waals surface area (Å²) in [6.45, 7) is 6.63. The predicted molar refractivity (Wildman–Crippen MR) is 60.1 cm³/mol. The van der Waals surface area contributed by atoms with Crippen molar-refractivity contribution in [2.24, 2.45) is 11.7 Å². The summed E-state index contributed by atoms with van der Waals surface area (Å²) in [7, 11) is 0. The van der Waals surface area contributed by atoms with E-state index < -0.39 is 0 Å². The van der Waals surface area contributed by atoms with Gasteiger partial charge in [-0.2, -0.15) is 0 Å². The average Bonchev–Trinajstić information content (AvgIpc) is 2.49. The van der Waals surface area contributed by atoms with Crippen molar-refractivity contribution in [1.29, 1.82) is 0 Å². The molecule has 0 aliphatic heterocycles. The van der Waals surface area contributed by atoms with Gasteiger partial charge in [0, 0.05) is 10.9 Å². The van der Waals surface area contributed by atoms with E-state index in [4.69, 9.17) is 5.73 Å². The zero-order valence-corrected chi connectivity index (χ0v) is 9.53. The monoisotopic (exact) mass is 197 g/mol. The smallest absolute Gasteiger partial charge is 0.0394 e. The minimum absolute atomic E-state index is 0.245. The third-order valence-electron chi connectivity index (χ3n) is 2.22. The van der Waals surface area contributed by atoms with Crippen LogP contribution in [0.15, 0.2) is 11.4 Å². The summed E-state index contributed by atoms with van der Waals surface area (Å²) < 4.78 is 0. The fraction of sp³-hybridized carbons (Fsp3) is 0.636. The van der Waals surface area contributed by atoms with Crippen LogP contribution >= 0.6 is 11.3 Å². The molecule has 0 saturated heterocycles. The molecule has 0 radical (unpaired) electrons. The summed E-state index contributed by atoms with van der Waals surface area (Å²) in [5.74, 6) is 0.682. The van der Waals surface area contributed by atoms with Crippen molar-refractivity contribution in [1.82, 2.24) is 0 Å². The largest absolute Gasteiger partial charge is 0.323 e. The summed E-state index contributed by atoms with van der Waals surface area (Å²) in [5, 5.41) is 2.15. The molecular weight excluding hydrogens is 178 g/mol. The van der Waals surface area contributed by atoms with Crippen LogP contribution in [0.5, 0.6) is 0 Å². The standard InChI is InChI=1S/C11H19NS/c1-4-9-5-6-13-11(9)10(12)7-8(2)3/h5-6,8,10H,4,7,12H2,1-3H3. The highest BCUT2D eigenvalue weighted by atomic mass is 32.1. The Kier molecular flexibility index (Phi) is 3.94. The van der Waals surface area contributed by atoms with Crippen LogP contribution < -0.4 is 5.73 Å². The van der Waals surface area contributed by atoms with Gasteiger partial charge in [0.05, 0.1) is 0 Å². The lowest BCUT2D eigenvalue weighted by molar-refractivity contribution is 0.513. The molecule has 0 spiro atoms. The third kappa shape index (κ3) is 2.82. The summed E-state index contributed by atoms with van der Waals surface area (Å²) in [5.41, 5.74) is 7.56. The molecule has 1 aromatic rings. The molecule has 1 rings (SSSR count). The van der Waals surface area contributed by atoms with Crippen LogP contribution in [0.1, 0.15) is 43.7 Å². The first-order chi connectivity index (χ1) is 6.15. The number of nitrogens with two attached hydrogens (primary N) is 1. The number of rotatable bonds is 4. The summed E-state index contributed by atoms with van der Waals surface area (Å²) in [4.78, 5) is 1.39. The average molecular weight is 197 g/mol. The van der Waals surface area contributed by atoms with Gasteiger partial charge in [-0.15, -0.1) is 11.3 Å². The summed E-state index contributed by atoms with van der Waals surface area (Å²) in [6, 6.07) is 2.44. The Hall–Kier alpha value is -0.340. The minimum Gasteiger partial charge on any atom is -0.323 e. The number of aryl methyl sites for hydroxylation is 1. The van der Waals surface area contributed by atoms with Crippen LogP contribution in [0.4, 0.5) is 0 Å². The number of thiophene rings is 1. The van der Waals surface area contributed by atoms with Crippen LogP contribution in [-0.2, 0) is 6.42 Å². The first kappa shape index (κ1) is 10.7. The van der Waals surface area contributed by atoms with E-state index in [1.807, 2.05) is 0 Å². The van der Waals surface area contributed by atoms with Crippen LogP contribution in [0, 0.1) is 5.92 Å². The Morgan fingerprint density at radius 1 is 1.46 bits per heavy atom. The highest BCUT2D eigenvalue weighted by Gasteiger charge is 2.12. The molecule has 0 bridgehead atoms. The van der Waals surface area contributed by atoms with Crippen molar-refractivity contribution in [2.45, 2.75) is 39.7 Å². The maximum Gasteiger partial charge on any atom is 0.0394 e. The Morgan fingerprint density at radius 2 is 2.15 bits per heavy atom.